The topological polar surface area (TPSA) is 78.6 Å². The monoisotopic (exact) mass is 410 g/mol. The van der Waals surface area contributed by atoms with Gasteiger partial charge in [0.1, 0.15) is 5.82 Å². The number of benzene rings is 2. The second-order valence-electron chi connectivity index (χ2n) is 7.49. The number of rotatable bonds is 7. The van der Waals surface area contributed by atoms with Crippen molar-refractivity contribution in [2.24, 2.45) is 0 Å². The van der Waals surface area contributed by atoms with E-state index in [-0.39, 0.29) is 0 Å². The highest BCUT2D eigenvalue weighted by Gasteiger charge is 2.17. The van der Waals surface area contributed by atoms with Crippen molar-refractivity contribution < 1.29 is 0 Å². The number of aromatic nitrogens is 3. The summed E-state index contributed by atoms with van der Waals surface area (Å²) >= 11 is 0. The zero-order valence-electron chi connectivity index (χ0n) is 18.1. The molecule has 2 N–H and O–H groups in total. The minimum absolute atomic E-state index is 0.620. The third-order valence-corrected chi connectivity index (χ3v) is 5.42. The Morgan fingerprint density at radius 2 is 1.84 bits per heavy atom. The number of nitriles is 1. The van der Waals surface area contributed by atoms with Gasteiger partial charge >= 0.3 is 0 Å². The van der Waals surface area contributed by atoms with E-state index >= 15 is 0 Å². The number of nitrogens with one attached hydrogen (secondary N) is 2. The van der Waals surface area contributed by atoms with Crippen LogP contribution in [0.15, 0.2) is 54.6 Å². The smallest absolute Gasteiger partial charge is 0.236 e. The Kier molecular flexibility index (Phi) is 5.96. The van der Waals surface area contributed by atoms with Crippen LogP contribution in [0.3, 0.4) is 0 Å². The first-order chi connectivity index (χ1) is 15.2. The number of hydrogen-bond donors (Lipinski definition) is 2. The molecule has 0 aliphatic rings. The zero-order valence-corrected chi connectivity index (χ0v) is 18.1. The van der Waals surface area contributed by atoms with Crippen molar-refractivity contribution in [3.05, 3.63) is 82.7 Å². The van der Waals surface area contributed by atoms with Crippen LogP contribution in [0, 0.1) is 18.3 Å². The summed E-state index contributed by atoms with van der Waals surface area (Å²) in [7, 11) is 1.93. The van der Waals surface area contributed by atoms with Crippen molar-refractivity contribution in [1.29, 1.82) is 5.26 Å². The van der Waals surface area contributed by atoms with E-state index in [2.05, 4.69) is 35.8 Å². The minimum atomic E-state index is 0.620. The lowest BCUT2D eigenvalue weighted by Crippen LogP contribution is -2.17. The first kappa shape index (κ1) is 20.6. The zero-order chi connectivity index (χ0) is 21.8. The van der Waals surface area contributed by atoms with Gasteiger partial charge in [-0.25, -0.2) is 4.98 Å². The third-order valence-electron chi connectivity index (χ3n) is 5.42. The highest BCUT2D eigenvalue weighted by molar-refractivity contribution is 5.88. The van der Waals surface area contributed by atoms with Gasteiger partial charge in [0, 0.05) is 29.7 Å². The molecule has 0 unspecified atom stereocenters. The fourth-order valence-corrected chi connectivity index (χ4v) is 3.93. The predicted octanol–water partition coefficient (Wildman–Crippen LogP) is 4.49. The Morgan fingerprint density at radius 3 is 2.55 bits per heavy atom. The molecule has 2 aromatic carbocycles. The summed E-state index contributed by atoms with van der Waals surface area (Å²) < 4.78 is 2.03. The number of aryl methyl sites for hydroxylation is 2. The lowest BCUT2D eigenvalue weighted by atomic mass is 10.1. The third kappa shape index (κ3) is 4.00. The van der Waals surface area contributed by atoms with Gasteiger partial charge in [-0.1, -0.05) is 43.3 Å². The fourth-order valence-electron chi connectivity index (χ4n) is 3.93. The quantitative estimate of drug-likeness (QED) is 0.469. The normalized spacial score (nSPS) is 10.9. The molecule has 0 bridgehead atoms. The van der Waals surface area contributed by atoms with Crippen molar-refractivity contribution in [1.82, 2.24) is 19.9 Å². The van der Waals surface area contributed by atoms with Gasteiger partial charge in [-0.15, -0.1) is 0 Å². The molecule has 0 aliphatic heterocycles. The maximum absolute atomic E-state index is 9.50. The first-order valence-corrected chi connectivity index (χ1v) is 10.5. The minimum Gasteiger partial charge on any atom is -0.366 e. The largest absolute Gasteiger partial charge is 0.366 e. The molecule has 6 nitrogen and oxygen atoms in total. The number of fused-ring (bicyclic) bond motifs is 1. The molecule has 4 aromatic rings. The van der Waals surface area contributed by atoms with E-state index in [0.717, 1.165) is 40.1 Å². The Balaban J connectivity index is 1.85. The van der Waals surface area contributed by atoms with Crippen LogP contribution in [0.25, 0.3) is 16.9 Å². The summed E-state index contributed by atoms with van der Waals surface area (Å²) in [6, 6.07) is 20.4. The molecule has 156 valence electrons. The van der Waals surface area contributed by atoms with Gasteiger partial charge in [-0.2, -0.15) is 10.2 Å². The summed E-state index contributed by atoms with van der Waals surface area (Å²) in [5.74, 6) is 1.45. The lowest BCUT2D eigenvalue weighted by Gasteiger charge is -2.17. The van der Waals surface area contributed by atoms with Gasteiger partial charge in [0.05, 0.1) is 22.8 Å². The fraction of sp³-hybridized carbons (Fsp3) is 0.240. The first-order valence-electron chi connectivity index (χ1n) is 10.5. The predicted molar refractivity (Wildman–Crippen MR) is 124 cm³/mol. The highest BCUT2D eigenvalue weighted by Crippen LogP contribution is 2.27. The molecule has 0 saturated carbocycles. The molecule has 2 heterocycles. The maximum atomic E-state index is 9.50. The van der Waals surface area contributed by atoms with Gasteiger partial charge in [0.25, 0.3) is 0 Å². The van der Waals surface area contributed by atoms with Crippen LogP contribution in [-0.2, 0) is 19.5 Å². The molecule has 0 aliphatic carbocycles. The van der Waals surface area contributed by atoms with Crippen LogP contribution in [0.1, 0.15) is 35.0 Å². The van der Waals surface area contributed by atoms with E-state index < -0.39 is 0 Å². The molecular weight excluding hydrogens is 384 g/mol. The average Bonchev–Trinajstić information content (AvgIpc) is 3.14. The number of nitrogens with zero attached hydrogens (tertiary/aromatic N) is 4. The SMILES string of the molecule is CCc1nc(-n2c(C)cc3c(C#N)cccc32)nc(NCc2ccccc2)c1CNC. The molecule has 0 fully saturated rings. The van der Waals surface area contributed by atoms with Crippen molar-refractivity contribution in [2.75, 3.05) is 12.4 Å². The van der Waals surface area contributed by atoms with E-state index in [1.165, 1.54) is 5.56 Å². The van der Waals surface area contributed by atoms with Gasteiger partial charge in [-0.05, 0) is 44.2 Å². The van der Waals surface area contributed by atoms with Gasteiger partial charge in [-0.3, -0.25) is 4.57 Å². The van der Waals surface area contributed by atoms with Crippen LogP contribution < -0.4 is 10.6 Å². The Hall–Kier alpha value is -3.69. The molecular formula is C25H26N6. The summed E-state index contributed by atoms with van der Waals surface area (Å²) in [4.78, 5) is 9.87. The molecule has 6 heteroatoms. The van der Waals surface area contributed by atoms with Crippen LogP contribution in [0.2, 0.25) is 0 Å². The van der Waals surface area contributed by atoms with E-state index in [4.69, 9.17) is 9.97 Å². The molecule has 4 rings (SSSR count). The maximum Gasteiger partial charge on any atom is 0.236 e. The van der Waals surface area contributed by atoms with E-state index in [1.54, 1.807) is 0 Å². The van der Waals surface area contributed by atoms with E-state index in [0.29, 0.717) is 24.6 Å². The second kappa shape index (κ2) is 8.99. The number of anilines is 1. The van der Waals surface area contributed by atoms with Crippen molar-refractivity contribution >= 4 is 16.7 Å². The van der Waals surface area contributed by atoms with Crippen LogP contribution in [0.4, 0.5) is 5.82 Å². The summed E-state index contributed by atoms with van der Waals surface area (Å²) in [5, 5.41) is 17.2. The summed E-state index contributed by atoms with van der Waals surface area (Å²) in [6.07, 6.45) is 0.800. The molecule has 0 radical (unpaired) electrons. The Bertz CT molecular complexity index is 1250. The van der Waals surface area contributed by atoms with Crippen molar-refractivity contribution in [3.8, 4) is 12.0 Å². The Morgan fingerprint density at radius 1 is 1.03 bits per heavy atom. The summed E-state index contributed by atoms with van der Waals surface area (Å²) in [6.45, 7) is 5.50. The molecule has 0 spiro atoms. The average molecular weight is 411 g/mol. The lowest BCUT2D eigenvalue weighted by molar-refractivity contribution is 0.775. The molecule has 0 atom stereocenters. The number of hydrogen-bond acceptors (Lipinski definition) is 5. The summed E-state index contributed by atoms with van der Waals surface area (Å²) in [5.41, 5.74) is 5.87. The molecule has 31 heavy (non-hydrogen) atoms. The molecule has 0 saturated heterocycles. The van der Waals surface area contributed by atoms with Crippen LogP contribution in [0.5, 0.6) is 0 Å². The molecule has 2 aromatic heterocycles. The Labute approximate surface area is 182 Å². The van der Waals surface area contributed by atoms with Crippen molar-refractivity contribution in [2.45, 2.75) is 33.4 Å². The highest BCUT2D eigenvalue weighted by atomic mass is 15.2. The van der Waals surface area contributed by atoms with Crippen molar-refractivity contribution in [3.63, 3.8) is 0 Å². The van der Waals surface area contributed by atoms with Gasteiger partial charge in [0.2, 0.25) is 5.95 Å². The molecule has 0 amide bonds. The van der Waals surface area contributed by atoms with Crippen LogP contribution in [-0.4, -0.2) is 21.6 Å². The van der Waals surface area contributed by atoms with Gasteiger partial charge in [0.15, 0.2) is 0 Å². The van der Waals surface area contributed by atoms with E-state index in [1.807, 2.05) is 61.0 Å². The second-order valence-corrected chi connectivity index (χ2v) is 7.49. The van der Waals surface area contributed by atoms with E-state index in [9.17, 15) is 5.26 Å². The standard InChI is InChI=1S/C25H26N6/c1-4-22-21(16-27-3)24(28-15-18-9-6-5-7-10-18)30-25(29-22)31-17(2)13-20-19(14-26)11-8-12-23(20)31/h5-13,27H,4,15-16H2,1-3H3,(H,28,29,30). The van der Waals surface area contributed by atoms with Crippen LogP contribution >= 0.6 is 0 Å². The van der Waals surface area contributed by atoms with Gasteiger partial charge < -0.3 is 10.6 Å².